The summed E-state index contributed by atoms with van der Waals surface area (Å²) in [6, 6.07) is 16.0. The van der Waals surface area contributed by atoms with Crippen LogP contribution in [0.5, 0.6) is 28.7 Å². The number of unbranched alkanes of at least 4 members (excludes halogenated alkanes) is 1. The lowest BCUT2D eigenvalue weighted by Crippen LogP contribution is -2.36. The van der Waals surface area contributed by atoms with E-state index >= 15 is 0 Å². The zero-order valence-corrected chi connectivity index (χ0v) is 24.9. The van der Waals surface area contributed by atoms with E-state index in [2.05, 4.69) is 0 Å². The first kappa shape index (κ1) is 31.6. The number of hydrogen-bond donors (Lipinski definition) is 1. The minimum atomic E-state index is -0.354. The lowest BCUT2D eigenvalue weighted by Gasteiger charge is -2.25. The zero-order valence-electron chi connectivity index (χ0n) is 24.9. The first-order valence-corrected chi connectivity index (χ1v) is 14.2. The van der Waals surface area contributed by atoms with E-state index < -0.39 is 0 Å². The summed E-state index contributed by atoms with van der Waals surface area (Å²) >= 11 is 0. The van der Waals surface area contributed by atoms with Crippen molar-refractivity contribution >= 4 is 24.0 Å². The van der Waals surface area contributed by atoms with Crippen molar-refractivity contribution in [3.05, 3.63) is 82.9 Å². The smallest absolute Gasteiger partial charge is 0.189 e. The molecule has 3 aromatic carbocycles. The van der Waals surface area contributed by atoms with Crippen molar-refractivity contribution < 1.29 is 38.4 Å². The molecule has 1 saturated heterocycles. The second kappa shape index (κ2) is 16.4. The highest BCUT2D eigenvalue weighted by atomic mass is 16.7. The van der Waals surface area contributed by atoms with Crippen LogP contribution in [0.4, 0.5) is 0 Å². The fourth-order valence-electron chi connectivity index (χ4n) is 4.45. The van der Waals surface area contributed by atoms with Gasteiger partial charge in [-0.3, -0.25) is 9.63 Å². The van der Waals surface area contributed by atoms with Crippen LogP contribution in [-0.2, 0) is 9.57 Å². The maximum atomic E-state index is 12.9. The highest BCUT2D eigenvalue weighted by Crippen LogP contribution is 2.32. The highest BCUT2D eigenvalue weighted by Gasteiger charge is 2.13. The highest BCUT2D eigenvalue weighted by molar-refractivity contribution is 6.09. The fraction of sp³-hybridized carbons (Fsp3) is 0.324. The second-order valence-corrected chi connectivity index (χ2v) is 9.75. The molecule has 1 heterocycles. The molecule has 3 aromatic rings. The molecule has 9 heteroatoms. The molecule has 0 aromatic heterocycles. The maximum Gasteiger partial charge on any atom is 0.189 e. The molecule has 43 heavy (non-hydrogen) atoms. The van der Waals surface area contributed by atoms with Gasteiger partial charge in [0.25, 0.3) is 0 Å². The number of ketones is 1. The minimum absolute atomic E-state index is 0.152. The van der Waals surface area contributed by atoms with Crippen LogP contribution in [0.3, 0.4) is 0 Å². The third-order valence-corrected chi connectivity index (χ3v) is 6.86. The Morgan fingerprint density at radius 2 is 1.56 bits per heavy atom. The van der Waals surface area contributed by atoms with Gasteiger partial charge in [-0.25, -0.2) is 0 Å². The molecule has 1 fully saturated rings. The summed E-state index contributed by atoms with van der Waals surface area (Å²) < 4.78 is 27.4. The van der Waals surface area contributed by atoms with Crippen molar-refractivity contribution in [2.24, 2.45) is 0 Å². The van der Waals surface area contributed by atoms with Gasteiger partial charge in [-0.15, -0.1) is 0 Å². The van der Waals surface area contributed by atoms with Gasteiger partial charge in [0.2, 0.25) is 0 Å². The topological polar surface area (TPSA) is 95.9 Å². The van der Waals surface area contributed by atoms with Gasteiger partial charge in [0, 0.05) is 30.8 Å². The SMILES string of the molecule is COc1ccc(C(=O)/C=C/c2c(/C=C/c3ccc(OCCCCON4CCOCC4)cc3)cc(OC)cc2OC)c(O)c1. The molecular formula is C34H39NO8. The maximum absolute atomic E-state index is 12.9. The molecule has 0 aliphatic carbocycles. The van der Waals surface area contributed by atoms with Crippen molar-refractivity contribution in [1.82, 2.24) is 5.06 Å². The lowest BCUT2D eigenvalue weighted by atomic mass is 10.0. The van der Waals surface area contributed by atoms with E-state index in [0.717, 1.165) is 56.0 Å². The summed E-state index contributed by atoms with van der Waals surface area (Å²) in [5, 5.41) is 12.2. The molecular weight excluding hydrogens is 550 g/mol. The van der Waals surface area contributed by atoms with Crippen LogP contribution >= 0.6 is 0 Å². The van der Waals surface area contributed by atoms with Gasteiger partial charge < -0.3 is 28.8 Å². The van der Waals surface area contributed by atoms with Gasteiger partial charge in [0.15, 0.2) is 5.78 Å². The van der Waals surface area contributed by atoms with E-state index in [4.69, 9.17) is 28.5 Å². The Hall–Kier alpha value is -4.31. The molecule has 1 N–H and O–H groups in total. The second-order valence-electron chi connectivity index (χ2n) is 9.75. The fourth-order valence-corrected chi connectivity index (χ4v) is 4.45. The number of carbonyl (C=O) groups is 1. The molecule has 1 aliphatic rings. The van der Waals surface area contributed by atoms with Crippen LogP contribution in [0.2, 0.25) is 0 Å². The summed E-state index contributed by atoms with van der Waals surface area (Å²) in [5.74, 6) is 1.92. The molecule has 0 unspecified atom stereocenters. The zero-order chi connectivity index (χ0) is 30.4. The number of phenolic OH excluding ortho intramolecular Hbond substituents is 1. The van der Waals surface area contributed by atoms with Crippen molar-refractivity contribution in [2.45, 2.75) is 12.8 Å². The summed E-state index contributed by atoms with van der Waals surface area (Å²) in [7, 11) is 4.65. The molecule has 0 spiro atoms. The van der Waals surface area contributed by atoms with Crippen molar-refractivity contribution in [3.8, 4) is 28.7 Å². The number of nitrogens with zero attached hydrogens (tertiary/aromatic N) is 1. The normalized spacial score (nSPS) is 13.8. The standard InChI is InChI=1S/C34H39NO8/c1-38-28-12-13-31(33(37)23-28)32(36)15-14-30-26(22-29(39-2)24-34(30)40-3)9-6-25-7-10-27(11-8-25)42-18-4-5-19-43-35-16-20-41-21-17-35/h6-15,22-24,37H,4-5,16-21H2,1-3H3/b9-6+,15-14+. The van der Waals surface area contributed by atoms with Crippen molar-refractivity contribution in [2.75, 3.05) is 60.8 Å². The quantitative estimate of drug-likeness (QED) is 0.100. The van der Waals surface area contributed by atoms with Gasteiger partial charge >= 0.3 is 0 Å². The molecule has 0 radical (unpaired) electrons. The number of allylic oxidation sites excluding steroid dienone is 1. The Kier molecular flexibility index (Phi) is 12.0. The Labute approximate surface area is 252 Å². The Bertz CT molecular complexity index is 1390. The summed E-state index contributed by atoms with van der Waals surface area (Å²) in [5.41, 5.74) is 2.63. The Morgan fingerprint density at radius 1 is 0.837 bits per heavy atom. The Morgan fingerprint density at radius 3 is 2.26 bits per heavy atom. The number of carbonyl (C=O) groups excluding carboxylic acids is 1. The number of rotatable bonds is 15. The number of aromatic hydroxyl groups is 1. The van der Waals surface area contributed by atoms with Crippen LogP contribution in [-0.4, -0.2) is 76.8 Å². The molecule has 0 amide bonds. The molecule has 0 saturated carbocycles. The average molecular weight is 590 g/mol. The number of morpholine rings is 1. The third-order valence-electron chi connectivity index (χ3n) is 6.86. The first-order valence-electron chi connectivity index (χ1n) is 14.2. The van der Waals surface area contributed by atoms with Gasteiger partial charge in [-0.05, 0) is 66.5 Å². The van der Waals surface area contributed by atoms with Crippen LogP contribution in [0, 0.1) is 0 Å². The van der Waals surface area contributed by atoms with Gasteiger partial charge in [0.1, 0.15) is 28.7 Å². The predicted octanol–water partition coefficient (Wildman–Crippen LogP) is 5.91. The predicted molar refractivity (Wildman–Crippen MR) is 166 cm³/mol. The van der Waals surface area contributed by atoms with E-state index in [1.54, 1.807) is 32.4 Å². The van der Waals surface area contributed by atoms with Crippen molar-refractivity contribution in [1.29, 1.82) is 0 Å². The van der Waals surface area contributed by atoms with E-state index in [9.17, 15) is 9.90 Å². The van der Waals surface area contributed by atoms with Gasteiger partial charge in [-0.2, -0.15) is 5.06 Å². The monoisotopic (exact) mass is 589 g/mol. The summed E-state index contributed by atoms with van der Waals surface area (Å²) in [6.45, 7) is 4.37. The number of benzene rings is 3. The minimum Gasteiger partial charge on any atom is -0.507 e. The third kappa shape index (κ3) is 9.34. The summed E-state index contributed by atoms with van der Waals surface area (Å²) in [4.78, 5) is 18.6. The van der Waals surface area contributed by atoms with E-state index in [0.29, 0.717) is 36.0 Å². The first-order chi connectivity index (χ1) is 21.0. The largest absolute Gasteiger partial charge is 0.507 e. The lowest BCUT2D eigenvalue weighted by molar-refractivity contribution is -0.194. The molecule has 228 valence electrons. The van der Waals surface area contributed by atoms with E-state index in [-0.39, 0.29) is 17.1 Å². The number of hydrogen-bond acceptors (Lipinski definition) is 9. The van der Waals surface area contributed by atoms with Gasteiger partial charge in [0.05, 0.1) is 53.3 Å². The van der Waals surface area contributed by atoms with Crippen LogP contribution in [0.15, 0.2) is 60.7 Å². The number of methoxy groups -OCH3 is 3. The van der Waals surface area contributed by atoms with Crippen LogP contribution in [0.25, 0.3) is 18.2 Å². The Balaban J connectivity index is 1.38. The van der Waals surface area contributed by atoms with E-state index in [1.165, 1.54) is 25.3 Å². The van der Waals surface area contributed by atoms with Crippen LogP contribution in [0.1, 0.15) is 39.9 Å². The molecule has 0 bridgehead atoms. The van der Waals surface area contributed by atoms with Crippen molar-refractivity contribution in [3.63, 3.8) is 0 Å². The number of hydroxylamine groups is 2. The van der Waals surface area contributed by atoms with Crippen LogP contribution < -0.4 is 18.9 Å². The number of ether oxygens (including phenoxy) is 5. The molecule has 1 aliphatic heterocycles. The summed E-state index contributed by atoms with van der Waals surface area (Å²) in [6.07, 6.45) is 8.81. The number of phenols is 1. The van der Waals surface area contributed by atoms with E-state index in [1.807, 2.05) is 47.5 Å². The molecule has 4 rings (SSSR count). The molecule has 0 atom stereocenters. The van der Waals surface area contributed by atoms with Gasteiger partial charge in [-0.1, -0.05) is 24.3 Å². The average Bonchev–Trinajstić information content (AvgIpc) is 3.04. The molecule has 9 nitrogen and oxygen atoms in total.